The van der Waals surface area contributed by atoms with Crippen molar-refractivity contribution in [3.8, 4) is 0 Å². The van der Waals surface area contributed by atoms with Crippen LogP contribution < -0.4 is 5.46 Å². The van der Waals surface area contributed by atoms with Gasteiger partial charge in [0.15, 0.2) is 0 Å². The molecule has 0 bridgehead atoms. The molecule has 3 aromatic rings. The Kier molecular flexibility index (Phi) is 2.94. The highest BCUT2D eigenvalue weighted by Crippen LogP contribution is 2.37. The molecule has 2 heterocycles. The molecule has 3 nitrogen and oxygen atoms in total. The predicted molar refractivity (Wildman–Crippen MR) is 89.4 cm³/mol. The first kappa shape index (κ1) is 14.7. The third-order valence-corrected chi connectivity index (χ3v) is 4.98. The average molecular weight is 312 g/mol. The van der Waals surface area contributed by atoms with Gasteiger partial charge in [0.05, 0.1) is 11.2 Å². The summed E-state index contributed by atoms with van der Waals surface area (Å²) in [7, 11) is -0.442. The highest BCUT2D eigenvalue weighted by Gasteiger charge is 2.51. The lowest BCUT2D eigenvalue weighted by atomic mass is 9.78. The zero-order valence-electron chi connectivity index (χ0n) is 13.6. The van der Waals surface area contributed by atoms with Gasteiger partial charge in [-0.05, 0) is 57.4 Å². The molecule has 0 unspecified atom stereocenters. The summed E-state index contributed by atoms with van der Waals surface area (Å²) in [5, 5.41) is 1.63. The van der Waals surface area contributed by atoms with E-state index in [1.807, 2.05) is 45.9 Å². The average Bonchev–Trinajstić information content (AvgIpc) is 2.93. The molecule has 0 radical (unpaired) electrons. The van der Waals surface area contributed by atoms with Crippen LogP contribution in [0.15, 0.2) is 40.8 Å². The summed E-state index contributed by atoms with van der Waals surface area (Å²) in [4.78, 5) is 0. The lowest BCUT2D eigenvalue weighted by molar-refractivity contribution is 0.00578. The Morgan fingerprint density at radius 1 is 0.826 bits per heavy atom. The fourth-order valence-electron chi connectivity index (χ4n) is 2.89. The number of halogens is 1. The molecule has 5 heteroatoms. The molecule has 118 valence electrons. The van der Waals surface area contributed by atoms with Crippen molar-refractivity contribution in [2.24, 2.45) is 0 Å². The molecule has 1 aliphatic heterocycles. The van der Waals surface area contributed by atoms with Gasteiger partial charge in [-0.2, -0.15) is 0 Å². The van der Waals surface area contributed by atoms with Crippen LogP contribution in [0.1, 0.15) is 27.7 Å². The Labute approximate surface area is 134 Å². The molecular weight excluding hydrogens is 294 g/mol. The predicted octanol–water partition coefficient (Wildman–Crippen LogP) is 4.02. The summed E-state index contributed by atoms with van der Waals surface area (Å²) in [5.74, 6) is -0.277. The van der Waals surface area contributed by atoms with Crippen molar-refractivity contribution in [2.75, 3.05) is 0 Å². The highest BCUT2D eigenvalue weighted by atomic mass is 19.1. The summed E-state index contributed by atoms with van der Waals surface area (Å²) >= 11 is 0. The van der Waals surface area contributed by atoms with Crippen LogP contribution in [0.25, 0.3) is 21.9 Å². The minimum absolute atomic E-state index is 0.277. The van der Waals surface area contributed by atoms with E-state index in [0.717, 1.165) is 21.8 Å². The topological polar surface area (TPSA) is 31.6 Å². The minimum Gasteiger partial charge on any atom is -0.456 e. The van der Waals surface area contributed by atoms with E-state index in [2.05, 4.69) is 0 Å². The summed E-state index contributed by atoms with van der Waals surface area (Å²) in [6.07, 6.45) is 0. The summed E-state index contributed by atoms with van der Waals surface area (Å²) in [6, 6.07) is 10.3. The Balaban J connectivity index is 1.83. The monoisotopic (exact) mass is 312 g/mol. The molecule has 2 aromatic carbocycles. The SMILES string of the molecule is CC1(C)OB(c2ccc3oc4ccc(F)cc4c3c2)OC1(C)C. The molecule has 1 aliphatic rings. The van der Waals surface area contributed by atoms with E-state index >= 15 is 0 Å². The fourth-order valence-corrected chi connectivity index (χ4v) is 2.89. The summed E-state index contributed by atoms with van der Waals surface area (Å²) < 4.78 is 31.5. The van der Waals surface area contributed by atoms with Crippen molar-refractivity contribution in [3.63, 3.8) is 0 Å². The Morgan fingerprint density at radius 3 is 2.04 bits per heavy atom. The van der Waals surface area contributed by atoms with Crippen LogP contribution in [0.3, 0.4) is 0 Å². The zero-order valence-corrected chi connectivity index (χ0v) is 13.6. The first-order valence-electron chi connectivity index (χ1n) is 7.74. The lowest BCUT2D eigenvalue weighted by Crippen LogP contribution is -2.41. The Bertz CT molecular complexity index is 897. The van der Waals surface area contributed by atoms with Crippen molar-refractivity contribution in [1.82, 2.24) is 0 Å². The van der Waals surface area contributed by atoms with Crippen molar-refractivity contribution in [3.05, 3.63) is 42.2 Å². The number of rotatable bonds is 1. The Hall–Kier alpha value is -1.85. The van der Waals surface area contributed by atoms with E-state index in [1.165, 1.54) is 12.1 Å². The second-order valence-electron chi connectivity index (χ2n) is 7.09. The number of benzene rings is 2. The second kappa shape index (κ2) is 4.59. The van der Waals surface area contributed by atoms with Gasteiger partial charge in [-0.25, -0.2) is 4.39 Å². The molecule has 0 N–H and O–H groups in total. The highest BCUT2D eigenvalue weighted by molar-refractivity contribution is 6.62. The first-order chi connectivity index (χ1) is 10.8. The minimum atomic E-state index is -0.442. The third kappa shape index (κ3) is 2.18. The van der Waals surface area contributed by atoms with Crippen LogP contribution >= 0.6 is 0 Å². The van der Waals surface area contributed by atoms with Gasteiger partial charge in [0.25, 0.3) is 0 Å². The number of furan rings is 1. The van der Waals surface area contributed by atoms with Crippen LogP contribution in [0.5, 0.6) is 0 Å². The van der Waals surface area contributed by atoms with Gasteiger partial charge in [-0.1, -0.05) is 12.1 Å². The molecule has 0 saturated carbocycles. The summed E-state index contributed by atoms with van der Waals surface area (Å²) in [5.41, 5.74) is 1.52. The maximum absolute atomic E-state index is 13.6. The smallest absolute Gasteiger partial charge is 0.456 e. The van der Waals surface area contributed by atoms with Crippen molar-refractivity contribution in [1.29, 1.82) is 0 Å². The van der Waals surface area contributed by atoms with E-state index in [-0.39, 0.29) is 5.82 Å². The van der Waals surface area contributed by atoms with Crippen LogP contribution in [-0.2, 0) is 9.31 Å². The zero-order chi connectivity index (χ0) is 16.4. The standard InChI is InChI=1S/C18H18BFO3/c1-17(2)18(3,4)23-19(22-17)11-5-7-15-13(9-11)14-10-12(20)6-8-16(14)21-15/h5-10H,1-4H3. The van der Waals surface area contributed by atoms with Crippen LogP contribution in [-0.4, -0.2) is 18.3 Å². The number of hydrogen-bond acceptors (Lipinski definition) is 3. The van der Waals surface area contributed by atoms with Gasteiger partial charge >= 0.3 is 7.12 Å². The van der Waals surface area contributed by atoms with Gasteiger partial charge < -0.3 is 13.7 Å². The van der Waals surface area contributed by atoms with Gasteiger partial charge in [0.1, 0.15) is 17.0 Å². The first-order valence-corrected chi connectivity index (χ1v) is 7.74. The number of hydrogen-bond donors (Lipinski definition) is 0. The molecule has 0 aliphatic carbocycles. The van der Waals surface area contributed by atoms with Crippen LogP contribution in [0.4, 0.5) is 4.39 Å². The van der Waals surface area contributed by atoms with E-state index in [9.17, 15) is 4.39 Å². The fraction of sp³-hybridized carbons (Fsp3) is 0.333. The molecule has 23 heavy (non-hydrogen) atoms. The quantitative estimate of drug-likeness (QED) is 0.636. The van der Waals surface area contributed by atoms with E-state index in [4.69, 9.17) is 13.7 Å². The van der Waals surface area contributed by atoms with Gasteiger partial charge in [0.2, 0.25) is 0 Å². The van der Waals surface area contributed by atoms with Crippen molar-refractivity contribution in [2.45, 2.75) is 38.9 Å². The molecule has 0 atom stereocenters. The molecule has 4 rings (SSSR count). The maximum atomic E-state index is 13.6. The normalized spacial score (nSPS) is 19.8. The lowest BCUT2D eigenvalue weighted by Gasteiger charge is -2.32. The largest absolute Gasteiger partial charge is 0.494 e. The third-order valence-electron chi connectivity index (χ3n) is 4.98. The maximum Gasteiger partial charge on any atom is 0.494 e. The van der Waals surface area contributed by atoms with Gasteiger partial charge in [0, 0.05) is 10.8 Å². The molecular formula is C18H18BFO3. The molecule has 0 amide bonds. The van der Waals surface area contributed by atoms with E-state index < -0.39 is 18.3 Å². The Morgan fingerprint density at radius 2 is 1.39 bits per heavy atom. The van der Waals surface area contributed by atoms with Crippen molar-refractivity contribution < 1.29 is 18.1 Å². The van der Waals surface area contributed by atoms with E-state index in [1.54, 1.807) is 6.07 Å². The number of fused-ring (bicyclic) bond motifs is 3. The molecule has 0 spiro atoms. The summed E-state index contributed by atoms with van der Waals surface area (Å²) in [6.45, 7) is 8.09. The van der Waals surface area contributed by atoms with E-state index in [0.29, 0.717) is 5.58 Å². The molecule has 1 saturated heterocycles. The van der Waals surface area contributed by atoms with Crippen LogP contribution in [0.2, 0.25) is 0 Å². The van der Waals surface area contributed by atoms with Crippen molar-refractivity contribution >= 4 is 34.5 Å². The molecule has 1 aromatic heterocycles. The van der Waals surface area contributed by atoms with Gasteiger partial charge in [-0.3, -0.25) is 0 Å². The molecule has 1 fully saturated rings. The van der Waals surface area contributed by atoms with Crippen LogP contribution in [0, 0.1) is 5.82 Å². The van der Waals surface area contributed by atoms with Gasteiger partial charge in [-0.15, -0.1) is 0 Å². The second-order valence-corrected chi connectivity index (χ2v) is 7.09.